The van der Waals surface area contributed by atoms with Gasteiger partial charge in [-0.1, -0.05) is 35.9 Å². The Morgan fingerprint density at radius 1 is 1.29 bits per heavy atom. The normalized spacial score (nSPS) is 12.3. The zero-order valence-corrected chi connectivity index (χ0v) is 15.0. The van der Waals surface area contributed by atoms with Gasteiger partial charge in [-0.05, 0) is 55.6 Å². The van der Waals surface area contributed by atoms with Gasteiger partial charge in [0.15, 0.2) is 0 Å². The summed E-state index contributed by atoms with van der Waals surface area (Å²) >= 11 is 7.80. The number of hydrogen-bond donors (Lipinski definition) is 1. The Labute approximate surface area is 151 Å². The Bertz CT molecular complexity index is 698. The van der Waals surface area contributed by atoms with Crippen molar-refractivity contribution in [2.75, 3.05) is 19.3 Å². The van der Waals surface area contributed by atoms with Crippen LogP contribution >= 0.6 is 23.4 Å². The SMILES string of the molecule is CN(CCCSc1ccccc1Cl)C(C(N)=O)c1cccc(F)c1. The molecule has 0 saturated carbocycles. The summed E-state index contributed by atoms with van der Waals surface area (Å²) in [6.45, 7) is 0.668. The molecular weight excluding hydrogens is 347 g/mol. The summed E-state index contributed by atoms with van der Waals surface area (Å²) in [5.41, 5.74) is 6.08. The molecule has 6 heteroatoms. The molecule has 1 unspecified atom stereocenters. The average Bonchev–Trinajstić information content (AvgIpc) is 2.53. The van der Waals surface area contributed by atoms with E-state index in [9.17, 15) is 9.18 Å². The maximum atomic E-state index is 13.4. The molecule has 128 valence electrons. The largest absolute Gasteiger partial charge is 0.368 e. The van der Waals surface area contributed by atoms with Crippen LogP contribution < -0.4 is 5.73 Å². The summed E-state index contributed by atoms with van der Waals surface area (Å²) in [5, 5.41) is 0.741. The van der Waals surface area contributed by atoms with Gasteiger partial charge in [0.2, 0.25) is 5.91 Å². The second-order valence-electron chi connectivity index (χ2n) is 5.47. The minimum atomic E-state index is -0.633. The predicted molar refractivity (Wildman–Crippen MR) is 97.8 cm³/mol. The Hall–Kier alpha value is -1.56. The number of nitrogens with zero attached hydrogens (tertiary/aromatic N) is 1. The van der Waals surface area contributed by atoms with Crippen LogP contribution in [0.5, 0.6) is 0 Å². The fourth-order valence-corrected chi connectivity index (χ4v) is 3.67. The molecule has 24 heavy (non-hydrogen) atoms. The molecule has 0 aromatic heterocycles. The highest BCUT2D eigenvalue weighted by molar-refractivity contribution is 7.99. The lowest BCUT2D eigenvalue weighted by Gasteiger charge is -2.25. The van der Waals surface area contributed by atoms with Crippen molar-refractivity contribution in [1.29, 1.82) is 0 Å². The Morgan fingerprint density at radius 2 is 2.04 bits per heavy atom. The summed E-state index contributed by atoms with van der Waals surface area (Å²) in [5.74, 6) is 0.00572. The van der Waals surface area contributed by atoms with Crippen molar-refractivity contribution in [2.45, 2.75) is 17.4 Å². The summed E-state index contributed by atoms with van der Waals surface area (Å²) in [7, 11) is 1.82. The molecule has 0 aliphatic rings. The van der Waals surface area contributed by atoms with Gasteiger partial charge in [0.25, 0.3) is 0 Å². The lowest BCUT2D eigenvalue weighted by Crippen LogP contribution is -2.36. The molecule has 2 aromatic rings. The van der Waals surface area contributed by atoms with Crippen molar-refractivity contribution in [3.05, 3.63) is 64.9 Å². The van der Waals surface area contributed by atoms with E-state index >= 15 is 0 Å². The van der Waals surface area contributed by atoms with E-state index in [-0.39, 0.29) is 5.82 Å². The molecule has 0 saturated heterocycles. The number of amides is 1. The minimum absolute atomic E-state index is 0.374. The molecule has 0 aliphatic heterocycles. The number of carbonyl (C=O) groups is 1. The highest BCUT2D eigenvalue weighted by Crippen LogP contribution is 2.27. The third-order valence-corrected chi connectivity index (χ3v) is 5.23. The molecule has 0 heterocycles. The van der Waals surface area contributed by atoms with Crippen LogP contribution in [0.1, 0.15) is 18.0 Å². The van der Waals surface area contributed by atoms with E-state index in [1.807, 2.05) is 36.2 Å². The van der Waals surface area contributed by atoms with E-state index in [2.05, 4.69) is 0 Å². The first-order valence-corrected chi connectivity index (χ1v) is 8.97. The van der Waals surface area contributed by atoms with Gasteiger partial charge in [-0.3, -0.25) is 9.69 Å². The standard InChI is InChI=1S/C18H20ClFN2OS/c1-22(10-5-11-24-16-9-3-2-8-15(16)19)17(18(21)23)13-6-4-7-14(20)12-13/h2-4,6-9,12,17H,5,10-11H2,1H3,(H2,21,23). The van der Waals surface area contributed by atoms with Crippen LogP contribution in [-0.4, -0.2) is 30.2 Å². The summed E-state index contributed by atoms with van der Waals surface area (Å²) < 4.78 is 13.4. The molecule has 1 amide bonds. The van der Waals surface area contributed by atoms with Crippen molar-refractivity contribution < 1.29 is 9.18 Å². The average molecular weight is 367 g/mol. The monoisotopic (exact) mass is 366 g/mol. The van der Waals surface area contributed by atoms with E-state index in [1.54, 1.807) is 23.9 Å². The number of rotatable bonds is 8. The van der Waals surface area contributed by atoms with E-state index in [1.165, 1.54) is 12.1 Å². The van der Waals surface area contributed by atoms with Crippen LogP contribution in [0.4, 0.5) is 4.39 Å². The van der Waals surface area contributed by atoms with Crippen LogP contribution in [0.3, 0.4) is 0 Å². The fraction of sp³-hybridized carbons (Fsp3) is 0.278. The number of thioether (sulfide) groups is 1. The van der Waals surface area contributed by atoms with E-state index in [0.717, 1.165) is 22.1 Å². The van der Waals surface area contributed by atoms with Gasteiger partial charge in [0, 0.05) is 4.90 Å². The second-order valence-corrected chi connectivity index (χ2v) is 7.02. The maximum absolute atomic E-state index is 13.4. The molecule has 0 bridgehead atoms. The molecular formula is C18H20ClFN2OS. The number of halogens is 2. The first-order valence-electron chi connectivity index (χ1n) is 7.61. The number of likely N-dealkylation sites (N-methyl/N-ethyl adjacent to an activating group) is 1. The van der Waals surface area contributed by atoms with Gasteiger partial charge in [-0.2, -0.15) is 0 Å². The number of nitrogens with two attached hydrogens (primary N) is 1. The molecule has 0 aliphatic carbocycles. The highest BCUT2D eigenvalue weighted by Gasteiger charge is 2.22. The Balaban J connectivity index is 1.91. The topological polar surface area (TPSA) is 46.3 Å². The van der Waals surface area contributed by atoms with Gasteiger partial charge < -0.3 is 5.73 Å². The first-order chi connectivity index (χ1) is 11.5. The molecule has 1 atom stereocenters. The van der Waals surface area contributed by atoms with E-state index in [0.29, 0.717) is 12.1 Å². The summed E-state index contributed by atoms with van der Waals surface area (Å²) in [6, 6.07) is 13.1. The highest BCUT2D eigenvalue weighted by atomic mass is 35.5. The van der Waals surface area contributed by atoms with Crippen LogP contribution in [-0.2, 0) is 4.79 Å². The molecule has 2 rings (SSSR count). The lowest BCUT2D eigenvalue weighted by atomic mass is 10.0. The van der Waals surface area contributed by atoms with Crippen molar-refractivity contribution in [3.8, 4) is 0 Å². The Kier molecular flexibility index (Phi) is 7.09. The fourth-order valence-electron chi connectivity index (χ4n) is 2.50. The number of hydrogen-bond acceptors (Lipinski definition) is 3. The molecule has 0 spiro atoms. The number of carbonyl (C=O) groups excluding carboxylic acids is 1. The molecule has 0 radical (unpaired) electrons. The molecule has 2 N–H and O–H groups in total. The first kappa shape index (κ1) is 18.8. The van der Waals surface area contributed by atoms with Crippen molar-refractivity contribution in [1.82, 2.24) is 4.90 Å². The minimum Gasteiger partial charge on any atom is -0.368 e. The smallest absolute Gasteiger partial charge is 0.239 e. The van der Waals surface area contributed by atoms with Gasteiger partial charge in [-0.25, -0.2) is 4.39 Å². The van der Waals surface area contributed by atoms with Gasteiger partial charge in [0.05, 0.1) is 5.02 Å². The zero-order chi connectivity index (χ0) is 17.5. The third kappa shape index (κ3) is 5.23. The molecule has 0 fully saturated rings. The van der Waals surface area contributed by atoms with Gasteiger partial charge in [0.1, 0.15) is 11.9 Å². The van der Waals surface area contributed by atoms with Crippen LogP contribution in [0, 0.1) is 5.82 Å². The number of primary amides is 1. The van der Waals surface area contributed by atoms with E-state index in [4.69, 9.17) is 17.3 Å². The van der Waals surface area contributed by atoms with E-state index < -0.39 is 11.9 Å². The summed E-state index contributed by atoms with van der Waals surface area (Å²) in [6.07, 6.45) is 0.853. The van der Waals surface area contributed by atoms with Crippen molar-refractivity contribution >= 4 is 29.3 Å². The third-order valence-electron chi connectivity index (χ3n) is 3.62. The molecule has 3 nitrogen and oxygen atoms in total. The second kappa shape index (κ2) is 9.06. The molecule has 2 aromatic carbocycles. The van der Waals surface area contributed by atoms with Crippen LogP contribution in [0.15, 0.2) is 53.4 Å². The Morgan fingerprint density at radius 3 is 2.71 bits per heavy atom. The quantitative estimate of drug-likeness (QED) is 0.564. The lowest BCUT2D eigenvalue weighted by molar-refractivity contribution is -0.123. The van der Waals surface area contributed by atoms with Crippen molar-refractivity contribution in [2.24, 2.45) is 5.73 Å². The van der Waals surface area contributed by atoms with Crippen molar-refractivity contribution in [3.63, 3.8) is 0 Å². The van der Waals surface area contributed by atoms with Crippen LogP contribution in [0.2, 0.25) is 5.02 Å². The number of benzene rings is 2. The maximum Gasteiger partial charge on any atom is 0.239 e. The zero-order valence-electron chi connectivity index (χ0n) is 13.4. The predicted octanol–water partition coefficient (Wildman–Crippen LogP) is 4.12. The summed E-state index contributed by atoms with van der Waals surface area (Å²) in [4.78, 5) is 14.7. The van der Waals surface area contributed by atoms with Gasteiger partial charge >= 0.3 is 0 Å². The van der Waals surface area contributed by atoms with Gasteiger partial charge in [-0.15, -0.1) is 11.8 Å². The van der Waals surface area contributed by atoms with Crippen LogP contribution in [0.25, 0.3) is 0 Å².